The minimum Gasteiger partial charge on any atom is -0.490 e. The van der Waals surface area contributed by atoms with Crippen LogP contribution in [0.4, 0.5) is 0 Å². The van der Waals surface area contributed by atoms with E-state index in [1.807, 2.05) is 0 Å². The molecule has 1 aliphatic rings. The van der Waals surface area contributed by atoms with Gasteiger partial charge in [-0.25, -0.2) is 14.8 Å². The SMILES string of the molecule is CCOc1cc(C(=O)N2CCc3cncnc3C2)ccc1OCC(=O)O. The minimum absolute atomic E-state index is 0.139. The van der Waals surface area contributed by atoms with Gasteiger partial charge >= 0.3 is 5.97 Å². The summed E-state index contributed by atoms with van der Waals surface area (Å²) in [5.74, 6) is -0.580. The molecule has 1 N–H and O–H groups in total. The van der Waals surface area contributed by atoms with Crippen LogP contribution >= 0.6 is 0 Å². The van der Waals surface area contributed by atoms with Crippen LogP contribution in [0.3, 0.4) is 0 Å². The second kappa shape index (κ2) is 7.81. The van der Waals surface area contributed by atoms with Gasteiger partial charge in [0.1, 0.15) is 6.33 Å². The van der Waals surface area contributed by atoms with Crippen LogP contribution in [-0.2, 0) is 17.8 Å². The molecule has 8 heteroatoms. The molecule has 0 unspecified atom stereocenters. The molecule has 0 atom stereocenters. The van der Waals surface area contributed by atoms with Gasteiger partial charge in [-0.05, 0) is 37.1 Å². The first-order valence-corrected chi connectivity index (χ1v) is 8.27. The number of aromatic nitrogens is 2. The highest BCUT2D eigenvalue weighted by Crippen LogP contribution is 2.29. The molecule has 0 saturated heterocycles. The molecule has 0 fully saturated rings. The van der Waals surface area contributed by atoms with Crippen molar-refractivity contribution in [1.29, 1.82) is 0 Å². The quantitative estimate of drug-likeness (QED) is 0.836. The molecule has 1 aromatic carbocycles. The Kier molecular flexibility index (Phi) is 5.31. The van der Waals surface area contributed by atoms with Gasteiger partial charge in [0, 0.05) is 18.3 Å². The summed E-state index contributed by atoms with van der Waals surface area (Å²) in [7, 11) is 0. The van der Waals surface area contributed by atoms with Crippen LogP contribution in [-0.4, -0.2) is 51.6 Å². The molecule has 136 valence electrons. The van der Waals surface area contributed by atoms with Crippen molar-refractivity contribution in [3.63, 3.8) is 0 Å². The lowest BCUT2D eigenvalue weighted by Gasteiger charge is -2.28. The number of fused-ring (bicyclic) bond motifs is 1. The van der Waals surface area contributed by atoms with Crippen molar-refractivity contribution in [2.45, 2.75) is 19.9 Å². The minimum atomic E-state index is -1.08. The number of hydrogen-bond acceptors (Lipinski definition) is 6. The Hall–Kier alpha value is -3.16. The number of carbonyl (C=O) groups is 2. The number of carboxylic acid groups (broad SMARTS) is 1. The van der Waals surface area contributed by atoms with E-state index in [2.05, 4.69) is 9.97 Å². The Morgan fingerprint density at radius 3 is 2.88 bits per heavy atom. The average molecular weight is 357 g/mol. The molecule has 3 rings (SSSR count). The molecule has 0 saturated carbocycles. The standard InChI is InChI=1S/C18H19N3O5/c1-2-25-16-7-12(3-4-15(16)26-10-17(22)23)18(24)21-6-5-13-8-19-11-20-14(13)9-21/h3-4,7-8,11H,2,5-6,9-10H2,1H3,(H,22,23). The average Bonchev–Trinajstić information content (AvgIpc) is 2.66. The number of benzene rings is 1. The summed E-state index contributed by atoms with van der Waals surface area (Å²) in [6.07, 6.45) is 3.97. The summed E-state index contributed by atoms with van der Waals surface area (Å²) in [4.78, 5) is 33.5. The molecule has 0 bridgehead atoms. The highest BCUT2D eigenvalue weighted by atomic mass is 16.5. The van der Waals surface area contributed by atoms with Crippen LogP contribution in [0.25, 0.3) is 0 Å². The molecular formula is C18H19N3O5. The zero-order chi connectivity index (χ0) is 18.5. The monoisotopic (exact) mass is 357 g/mol. The number of nitrogens with zero attached hydrogens (tertiary/aromatic N) is 3. The lowest BCUT2D eigenvalue weighted by Crippen LogP contribution is -2.36. The van der Waals surface area contributed by atoms with Gasteiger partial charge in [-0.15, -0.1) is 0 Å². The Morgan fingerprint density at radius 1 is 1.27 bits per heavy atom. The number of ether oxygens (including phenoxy) is 2. The molecule has 0 radical (unpaired) electrons. The molecule has 8 nitrogen and oxygen atoms in total. The van der Waals surface area contributed by atoms with Crippen LogP contribution < -0.4 is 9.47 Å². The zero-order valence-electron chi connectivity index (χ0n) is 14.3. The van der Waals surface area contributed by atoms with Gasteiger partial charge < -0.3 is 19.5 Å². The zero-order valence-corrected chi connectivity index (χ0v) is 14.3. The Bertz CT molecular complexity index is 824. The summed E-state index contributed by atoms with van der Waals surface area (Å²) in [5.41, 5.74) is 2.36. The van der Waals surface area contributed by atoms with Gasteiger partial charge in [0.05, 0.1) is 18.8 Å². The van der Waals surface area contributed by atoms with Gasteiger partial charge in [0.25, 0.3) is 5.91 Å². The third kappa shape index (κ3) is 3.90. The normalized spacial score (nSPS) is 13.0. The van der Waals surface area contributed by atoms with Crippen molar-refractivity contribution in [1.82, 2.24) is 14.9 Å². The molecule has 0 spiro atoms. The van der Waals surface area contributed by atoms with E-state index in [9.17, 15) is 9.59 Å². The third-order valence-corrected chi connectivity index (χ3v) is 4.00. The second-order valence-corrected chi connectivity index (χ2v) is 5.75. The first-order chi connectivity index (χ1) is 12.6. The van der Waals surface area contributed by atoms with E-state index in [4.69, 9.17) is 14.6 Å². The fourth-order valence-electron chi connectivity index (χ4n) is 2.77. The van der Waals surface area contributed by atoms with Crippen molar-refractivity contribution in [3.8, 4) is 11.5 Å². The summed E-state index contributed by atoms with van der Waals surface area (Å²) in [6.45, 7) is 2.71. The highest BCUT2D eigenvalue weighted by Gasteiger charge is 2.23. The lowest BCUT2D eigenvalue weighted by atomic mass is 10.1. The van der Waals surface area contributed by atoms with Crippen molar-refractivity contribution < 1.29 is 24.2 Å². The number of rotatable bonds is 6. The third-order valence-electron chi connectivity index (χ3n) is 4.00. The summed E-state index contributed by atoms with van der Waals surface area (Å²) < 4.78 is 10.7. The summed E-state index contributed by atoms with van der Waals surface area (Å²) >= 11 is 0. The van der Waals surface area contributed by atoms with Crippen LogP contribution in [0.15, 0.2) is 30.7 Å². The Morgan fingerprint density at radius 2 is 2.12 bits per heavy atom. The van der Waals surface area contributed by atoms with E-state index in [-0.39, 0.29) is 5.91 Å². The van der Waals surface area contributed by atoms with Crippen molar-refractivity contribution in [2.24, 2.45) is 0 Å². The molecule has 1 aromatic heterocycles. The van der Waals surface area contributed by atoms with Crippen molar-refractivity contribution >= 4 is 11.9 Å². The van der Waals surface area contributed by atoms with Crippen LogP contribution in [0, 0.1) is 0 Å². The number of amides is 1. The highest BCUT2D eigenvalue weighted by molar-refractivity contribution is 5.95. The van der Waals surface area contributed by atoms with Gasteiger partial charge in [-0.1, -0.05) is 0 Å². The molecule has 0 aliphatic carbocycles. The van der Waals surface area contributed by atoms with Crippen LogP contribution in [0.1, 0.15) is 28.5 Å². The second-order valence-electron chi connectivity index (χ2n) is 5.75. The van der Waals surface area contributed by atoms with Gasteiger partial charge in [-0.3, -0.25) is 4.79 Å². The Labute approximate surface area is 150 Å². The van der Waals surface area contributed by atoms with Gasteiger partial charge in [-0.2, -0.15) is 0 Å². The van der Waals surface area contributed by atoms with E-state index in [0.717, 1.165) is 11.3 Å². The van der Waals surface area contributed by atoms with Crippen LogP contribution in [0.2, 0.25) is 0 Å². The van der Waals surface area contributed by atoms with Crippen molar-refractivity contribution in [3.05, 3.63) is 47.5 Å². The lowest BCUT2D eigenvalue weighted by molar-refractivity contribution is -0.139. The van der Waals surface area contributed by atoms with Crippen molar-refractivity contribution in [2.75, 3.05) is 19.8 Å². The number of hydrogen-bond donors (Lipinski definition) is 1. The van der Waals surface area contributed by atoms with E-state index in [1.54, 1.807) is 36.2 Å². The van der Waals surface area contributed by atoms with Crippen LogP contribution in [0.5, 0.6) is 11.5 Å². The largest absolute Gasteiger partial charge is 0.490 e. The summed E-state index contributed by atoms with van der Waals surface area (Å²) in [6, 6.07) is 4.75. The maximum atomic E-state index is 12.8. The number of carboxylic acids is 1. The van der Waals surface area contributed by atoms with Gasteiger partial charge in [0.15, 0.2) is 18.1 Å². The van der Waals surface area contributed by atoms with E-state index in [0.29, 0.717) is 43.2 Å². The fraction of sp³-hybridized carbons (Fsp3) is 0.333. The molecular weight excluding hydrogens is 338 g/mol. The predicted octanol–water partition coefficient (Wildman–Crippen LogP) is 1.54. The first kappa shape index (κ1) is 17.7. The summed E-state index contributed by atoms with van der Waals surface area (Å²) in [5, 5.41) is 8.75. The van der Waals surface area contributed by atoms with E-state index >= 15 is 0 Å². The smallest absolute Gasteiger partial charge is 0.341 e. The predicted molar refractivity (Wildman–Crippen MR) is 91.2 cm³/mol. The molecule has 26 heavy (non-hydrogen) atoms. The topological polar surface area (TPSA) is 102 Å². The maximum absolute atomic E-state index is 12.8. The maximum Gasteiger partial charge on any atom is 0.341 e. The Balaban J connectivity index is 1.79. The van der Waals surface area contributed by atoms with E-state index in [1.165, 1.54) is 6.33 Å². The molecule has 2 aromatic rings. The number of aliphatic carboxylic acids is 1. The molecule has 2 heterocycles. The number of carbonyl (C=O) groups excluding carboxylic acids is 1. The van der Waals surface area contributed by atoms with Gasteiger partial charge in [0.2, 0.25) is 0 Å². The fourth-order valence-corrected chi connectivity index (χ4v) is 2.77. The molecule has 1 amide bonds. The molecule has 1 aliphatic heterocycles. The van der Waals surface area contributed by atoms with E-state index < -0.39 is 12.6 Å². The first-order valence-electron chi connectivity index (χ1n) is 8.27.